The van der Waals surface area contributed by atoms with Crippen molar-refractivity contribution in [3.8, 4) is 11.5 Å². The molecule has 1 aliphatic heterocycles. The highest BCUT2D eigenvalue weighted by Gasteiger charge is 2.31. The van der Waals surface area contributed by atoms with Crippen molar-refractivity contribution in [2.75, 3.05) is 19.6 Å². The largest absolute Gasteiger partial charge is 0.573 e. The minimum atomic E-state index is -4.80. The zero-order valence-electron chi connectivity index (χ0n) is 17.1. The number of rotatable bonds is 8. The van der Waals surface area contributed by atoms with E-state index in [1.807, 2.05) is 0 Å². The van der Waals surface area contributed by atoms with Crippen molar-refractivity contribution >= 4 is 5.91 Å². The fourth-order valence-corrected chi connectivity index (χ4v) is 3.66. The number of halogens is 4. The molecule has 10 heteroatoms. The zero-order chi connectivity index (χ0) is 23.3. The number of carbonyl (C=O) groups is 1. The Kier molecular flexibility index (Phi) is 7.57. The molecule has 0 spiro atoms. The Morgan fingerprint density at radius 1 is 1.12 bits per heavy atom. The van der Waals surface area contributed by atoms with Gasteiger partial charge in [-0.3, -0.25) is 4.79 Å². The Bertz CT molecular complexity index is 915. The maximum absolute atomic E-state index is 13.8. The van der Waals surface area contributed by atoms with E-state index in [0.717, 1.165) is 50.2 Å². The fourth-order valence-electron chi connectivity index (χ4n) is 3.66. The van der Waals surface area contributed by atoms with Gasteiger partial charge in [-0.05, 0) is 61.3 Å². The Balaban J connectivity index is 1.68. The Hall–Kier alpha value is -2.85. The monoisotopic (exact) mass is 456 g/mol. The minimum Gasteiger partial charge on any atom is -0.505 e. The first-order valence-electron chi connectivity index (χ1n) is 10.1. The number of nitrogens with zero attached hydrogens (tertiary/aromatic N) is 1. The summed E-state index contributed by atoms with van der Waals surface area (Å²) in [6, 6.07) is 7.71. The van der Waals surface area contributed by atoms with Crippen molar-refractivity contribution in [2.45, 2.75) is 37.8 Å². The number of amides is 1. The summed E-state index contributed by atoms with van der Waals surface area (Å²) < 4.78 is 54.4. The normalized spacial score (nSPS) is 16.5. The predicted molar refractivity (Wildman–Crippen MR) is 107 cm³/mol. The van der Waals surface area contributed by atoms with E-state index in [2.05, 4.69) is 15.0 Å². The molecule has 1 heterocycles. The lowest BCUT2D eigenvalue weighted by molar-refractivity contribution is -0.274. The van der Waals surface area contributed by atoms with Crippen LogP contribution in [0.4, 0.5) is 17.6 Å². The number of aliphatic hydroxyl groups excluding tert-OH is 1. The molecule has 6 nitrogen and oxygen atoms in total. The standard InChI is InChI=1S/C22H24F4N2O4/c23-17-12-15(5-8-19(17)29)21(31)18(13-28-9-1-2-10-28)27-20(30)11-14-3-6-16(7-4-14)32-22(24,25)26/h3-8,12,18,21,29,31H,1-2,9-11,13H2,(H,27,30)/t18?,21-/m1/s1. The number of carbonyl (C=O) groups excluding carboxylic acids is 1. The van der Waals surface area contributed by atoms with Crippen LogP contribution in [0.5, 0.6) is 11.5 Å². The quantitative estimate of drug-likeness (QED) is 0.531. The highest BCUT2D eigenvalue weighted by Crippen LogP contribution is 2.25. The maximum Gasteiger partial charge on any atom is 0.573 e. The molecule has 3 N–H and O–H groups in total. The van der Waals surface area contributed by atoms with Crippen molar-refractivity contribution in [2.24, 2.45) is 0 Å². The molecule has 0 saturated carbocycles. The lowest BCUT2D eigenvalue weighted by Gasteiger charge is -2.29. The lowest BCUT2D eigenvalue weighted by atomic mass is 10.0. The number of nitrogens with one attached hydrogen (secondary N) is 1. The van der Waals surface area contributed by atoms with Crippen molar-refractivity contribution in [1.29, 1.82) is 0 Å². The van der Waals surface area contributed by atoms with Gasteiger partial charge in [-0.15, -0.1) is 13.2 Å². The maximum atomic E-state index is 13.8. The number of aromatic hydroxyl groups is 1. The molecule has 1 unspecified atom stereocenters. The number of alkyl halides is 3. The molecule has 3 rings (SSSR count). The minimum absolute atomic E-state index is 0.126. The molecule has 174 valence electrons. The number of likely N-dealkylation sites (tertiary alicyclic amines) is 1. The molecule has 1 amide bonds. The van der Waals surface area contributed by atoms with Crippen LogP contribution >= 0.6 is 0 Å². The molecule has 1 fully saturated rings. The van der Waals surface area contributed by atoms with Crippen LogP contribution in [0.2, 0.25) is 0 Å². The summed E-state index contributed by atoms with van der Waals surface area (Å²) in [4.78, 5) is 14.7. The number of ether oxygens (including phenoxy) is 1. The van der Waals surface area contributed by atoms with E-state index in [1.54, 1.807) is 0 Å². The molecule has 0 aromatic heterocycles. The lowest BCUT2D eigenvalue weighted by Crippen LogP contribution is -2.47. The molecule has 0 radical (unpaired) electrons. The van der Waals surface area contributed by atoms with E-state index in [1.165, 1.54) is 18.2 Å². The van der Waals surface area contributed by atoms with Gasteiger partial charge in [-0.1, -0.05) is 18.2 Å². The van der Waals surface area contributed by atoms with Crippen molar-refractivity contribution in [1.82, 2.24) is 10.2 Å². The molecular weight excluding hydrogens is 432 g/mol. The van der Waals surface area contributed by atoms with Gasteiger partial charge in [0.25, 0.3) is 0 Å². The topological polar surface area (TPSA) is 82.0 Å². The van der Waals surface area contributed by atoms with E-state index >= 15 is 0 Å². The molecule has 0 bridgehead atoms. The van der Waals surface area contributed by atoms with Crippen LogP contribution in [0.3, 0.4) is 0 Å². The average Bonchev–Trinajstić information content (AvgIpc) is 3.22. The van der Waals surface area contributed by atoms with Gasteiger partial charge in [-0.2, -0.15) is 0 Å². The first-order valence-corrected chi connectivity index (χ1v) is 10.1. The van der Waals surface area contributed by atoms with Crippen molar-refractivity contribution < 1.29 is 37.3 Å². The van der Waals surface area contributed by atoms with Gasteiger partial charge in [0, 0.05) is 6.54 Å². The van der Waals surface area contributed by atoms with Crippen LogP contribution in [0.1, 0.15) is 30.1 Å². The summed E-state index contributed by atoms with van der Waals surface area (Å²) in [5.41, 5.74) is 0.667. The van der Waals surface area contributed by atoms with Crippen LogP contribution in [-0.2, 0) is 11.2 Å². The van der Waals surface area contributed by atoms with Gasteiger partial charge in [0.2, 0.25) is 5.91 Å². The summed E-state index contributed by atoms with van der Waals surface area (Å²) in [6.45, 7) is 1.96. The second-order valence-electron chi connectivity index (χ2n) is 7.71. The van der Waals surface area contributed by atoms with E-state index in [-0.39, 0.29) is 12.0 Å². The smallest absolute Gasteiger partial charge is 0.505 e. The van der Waals surface area contributed by atoms with E-state index in [9.17, 15) is 32.6 Å². The summed E-state index contributed by atoms with van der Waals surface area (Å²) in [5, 5.41) is 22.9. The third-order valence-electron chi connectivity index (χ3n) is 5.22. The molecule has 32 heavy (non-hydrogen) atoms. The molecule has 1 aliphatic rings. The van der Waals surface area contributed by atoms with Gasteiger partial charge in [0.1, 0.15) is 11.9 Å². The number of hydrogen-bond acceptors (Lipinski definition) is 5. The van der Waals surface area contributed by atoms with Crippen LogP contribution in [0.15, 0.2) is 42.5 Å². The second-order valence-corrected chi connectivity index (χ2v) is 7.71. The average molecular weight is 456 g/mol. The SMILES string of the molecule is O=C(Cc1ccc(OC(F)(F)F)cc1)NC(CN1CCCC1)[C@H](O)c1ccc(O)c(F)c1. The van der Waals surface area contributed by atoms with E-state index in [4.69, 9.17) is 0 Å². The Morgan fingerprint density at radius 2 is 1.78 bits per heavy atom. The molecular formula is C22H24F4N2O4. The van der Waals surface area contributed by atoms with Crippen LogP contribution in [-0.4, -0.2) is 53.1 Å². The van der Waals surface area contributed by atoms with Crippen LogP contribution < -0.4 is 10.1 Å². The first kappa shape index (κ1) is 23.8. The predicted octanol–water partition coefficient (Wildman–Crippen LogP) is 3.29. The van der Waals surface area contributed by atoms with Crippen molar-refractivity contribution in [3.63, 3.8) is 0 Å². The molecule has 2 aromatic carbocycles. The van der Waals surface area contributed by atoms with Crippen LogP contribution in [0, 0.1) is 5.82 Å². The van der Waals surface area contributed by atoms with Crippen molar-refractivity contribution in [3.05, 3.63) is 59.4 Å². The number of hydrogen-bond donors (Lipinski definition) is 3. The number of phenols is 1. The third-order valence-corrected chi connectivity index (χ3v) is 5.22. The molecule has 1 saturated heterocycles. The fraction of sp³-hybridized carbons (Fsp3) is 0.409. The van der Waals surface area contributed by atoms with Gasteiger partial charge in [0.05, 0.1) is 12.5 Å². The van der Waals surface area contributed by atoms with E-state index < -0.39 is 41.7 Å². The summed E-state index contributed by atoms with van der Waals surface area (Å²) >= 11 is 0. The highest BCUT2D eigenvalue weighted by atomic mass is 19.4. The summed E-state index contributed by atoms with van der Waals surface area (Å²) in [7, 11) is 0. The van der Waals surface area contributed by atoms with E-state index in [0.29, 0.717) is 12.1 Å². The molecule has 0 aliphatic carbocycles. The number of phenolic OH excluding ortho intramolecular Hbond substituents is 1. The van der Waals surface area contributed by atoms with Crippen LogP contribution in [0.25, 0.3) is 0 Å². The Labute approximate surface area is 182 Å². The highest BCUT2D eigenvalue weighted by molar-refractivity contribution is 5.79. The summed E-state index contributed by atoms with van der Waals surface area (Å²) in [5.74, 6) is -2.26. The van der Waals surface area contributed by atoms with Gasteiger partial charge in [-0.25, -0.2) is 4.39 Å². The first-order chi connectivity index (χ1) is 15.1. The molecule has 2 atom stereocenters. The van der Waals surface area contributed by atoms with Gasteiger partial charge < -0.3 is 25.2 Å². The third kappa shape index (κ3) is 6.83. The number of aliphatic hydroxyl groups is 1. The second kappa shape index (κ2) is 10.2. The summed E-state index contributed by atoms with van der Waals surface area (Å²) in [6.07, 6.45) is -4.16. The Morgan fingerprint density at radius 3 is 2.38 bits per heavy atom. The number of benzene rings is 2. The molecule has 2 aromatic rings. The van der Waals surface area contributed by atoms with Gasteiger partial charge >= 0.3 is 6.36 Å². The van der Waals surface area contributed by atoms with Gasteiger partial charge in [0.15, 0.2) is 11.6 Å². The zero-order valence-corrected chi connectivity index (χ0v) is 17.1.